The van der Waals surface area contributed by atoms with Crippen LogP contribution in [0, 0.1) is 5.82 Å². The highest BCUT2D eigenvalue weighted by atomic mass is 35.5. The number of benzene rings is 1. The number of methoxy groups -OCH3 is 1. The molecule has 0 heterocycles. The Kier molecular flexibility index (Phi) is 4.23. The molecule has 0 unspecified atom stereocenters. The molecular formula is C11H8ClFO4. The topological polar surface area (TPSA) is 63.6 Å². The number of esters is 1. The van der Waals surface area contributed by atoms with Crippen molar-refractivity contribution in [1.29, 1.82) is 0 Å². The number of aliphatic hydroxyl groups excluding tert-OH is 1. The van der Waals surface area contributed by atoms with Gasteiger partial charge in [-0.1, -0.05) is 11.6 Å². The van der Waals surface area contributed by atoms with Gasteiger partial charge < -0.3 is 9.84 Å². The van der Waals surface area contributed by atoms with E-state index < -0.39 is 23.3 Å². The predicted molar refractivity (Wildman–Crippen MR) is 59.0 cm³/mol. The number of hydrogen-bond donors (Lipinski definition) is 1. The molecule has 17 heavy (non-hydrogen) atoms. The fourth-order valence-electron chi connectivity index (χ4n) is 1.02. The Labute approximate surface area is 101 Å². The lowest BCUT2D eigenvalue weighted by Crippen LogP contribution is -2.13. The van der Waals surface area contributed by atoms with Crippen LogP contribution < -0.4 is 0 Å². The summed E-state index contributed by atoms with van der Waals surface area (Å²) in [5.74, 6) is -3.28. The Morgan fingerprint density at radius 1 is 1.47 bits per heavy atom. The van der Waals surface area contributed by atoms with Crippen LogP contribution >= 0.6 is 11.6 Å². The number of hydrogen-bond acceptors (Lipinski definition) is 4. The summed E-state index contributed by atoms with van der Waals surface area (Å²) < 4.78 is 17.0. The summed E-state index contributed by atoms with van der Waals surface area (Å²) >= 11 is 5.49. The molecule has 0 spiro atoms. The third-order valence-electron chi connectivity index (χ3n) is 1.87. The van der Waals surface area contributed by atoms with Gasteiger partial charge in [-0.15, -0.1) is 0 Å². The summed E-state index contributed by atoms with van der Waals surface area (Å²) in [6.45, 7) is 0. The SMILES string of the molecule is COC(=O)C(=O)/C=C(\O)c1ccc(F)c(Cl)c1. The van der Waals surface area contributed by atoms with Crippen LogP contribution in [0.25, 0.3) is 5.76 Å². The molecule has 0 saturated carbocycles. The summed E-state index contributed by atoms with van der Waals surface area (Å²) in [7, 11) is 1.04. The number of rotatable bonds is 3. The van der Waals surface area contributed by atoms with E-state index in [2.05, 4.69) is 4.74 Å². The molecule has 1 rings (SSSR count). The van der Waals surface area contributed by atoms with Crippen LogP contribution in [-0.4, -0.2) is 24.0 Å². The van der Waals surface area contributed by atoms with Gasteiger partial charge in [0, 0.05) is 11.6 Å². The van der Waals surface area contributed by atoms with Gasteiger partial charge in [-0.05, 0) is 18.2 Å². The lowest BCUT2D eigenvalue weighted by atomic mass is 10.1. The first-order chi connectivity index (χ1) is 7.95. The van der Waals surface area contributed by atoms with E-state index in [0.717, 1.165) is 19.2 Å². The number of ether oxygens (including phenoxy) is 1. The van der Waals surface area contributed by atoms with Gasteiger partial charge in [-0.25, -0.2) is 9.18 Å². The first kappa shape index (κ1) is 13.2. The molecular weight excluding hydrogens is 251 g/mol. The van der Waals surface area contributed by atoms with E-state index >= 15 is 0 Å². The number of carbonyl (C=O) groups is 2. The van der Waals surface area contributed by atoms with Crippen molar-refractivity contribution >= 4 is 29.1 Å². The van der Waals surface area contributed by atoms with Crippen molar-refractivity contribution in [2.45, 2.75) is 0 Å². The van der Waals surface area contributed by atoms with Gasteiger partial charge >= 0.3 is 5.97 Å². The summed E-state index contributed by atoms with van der Waals surface area (Å²) in [6, 6.07) is 3.38. The minimum absolute atomic E-state index is 0.119. The standard InChI is InChI=1S/C11H8ClFO4/c1-17-11(16)10(15)5-9(14)6-2-3-8(13)7(12)4-6/h2-5,14H,1H3/b9-5-. The van der Waals surface area contributed by atoms with Crippen molar-refractivity contribution in [1.82, 2.24) is 0 Å². The van der Waals surface area contributed by atoms with Gasteiger partial charge in [0.05, 0.1) is 12.1 Å². The third kappa shape index (κ3) is 3.29. The Bertz CT molecular complexity index is 496. The van der Waals surface area contributed by atoms with Gasteiger partial charge in [0.1, 0.15) is 11.6 Å². The van der Waals surface area contributed by atoms with Crippen molar-refractivity contribution in [3.05, 3.63) is 40.7 Å². The van der Waals surface area contributed by atoms with E-state index in [1.54, 1.807) is 0 Å². The average molecular weight is 259 g/mol. The smallest absolute Gasteiger partial charge is 0.378 e. The summed E-state index contributed by atoms with van der Waals surface area (Å²) in [4.78, 5) is 21.9. The van der Waals surface area contributed by atoms with Crippen LogP contribution in [0.15, 0.2) is 24.3 Å². The van der Waals surface area contributed by atoms with Crippen LogP contribution in [0.3, 0.4) is 0 Å². The predicted octanol–water partition coefficient (Wildman–Crippen LogP) is 2.12. The summed E-state index contributed by atoms with van der Waals surface area (Å²) in [5, 5.41) is 9.30. The van der Waals surface area contributed by atoms with Crippen molar-refractivity contribution in [3.8, 4) is 0 Å². The van der Waals surface area contributed by atoms with Gasteiger partial charge in [-0.2, -0.15) is 0 Å². The second kappa shape index (κ2) is 5.45. The normalized spacial score (nSPS) is 11.1. The molecule has 6 heteroatoms. The Hall–Kier alpha value is -1.88. The van der Waals surface area contributed by atoms with Crippen molar-refractivity contribution in [3.63, 3.8) is 0 Å². The van der Waals surface area contributed by atoms with Crippen LogP contribution in [0.1, 0.15) is 5.56 Å². The lowest BCUT2D eigenvalue weighted by Gasteiger charge is -2.01. The molecule has 0 atom stereocenters. The van der Waals surface area contributed by atoms with E-state index in [1.165, 1.54) is 6.07 Å². The van der Waals surface area contributed by atoms with Gasteiger partial charge in [-0.3, -0.25) is 4.79 Å². The van der Waals surface area contributed by atoms with E-state index in [4.69, 9.17) is 11.6 Å². The van der Waals surface area contributed by atoms with Crippen molar-refractivity contribution in [2.24, 2.45) is 0 Å². The molecule has 4 nitrogen and oxygen atoms in total. The van der Waals surface area contributed by atoms with Crippen LogP contribution in [0.4, 0.5) is 4.39 Å². The Morgan fingerprint density at radius 2 is 2.12 bits per heavy atom. The average Bonchev–Trinajstić information content (AvgIpc) is 2.31. The molecule has 0 aliphatic carbocycles. The molecule has 1 N–H and O–H groups in total. The van der Waals surface area contributed by atoms with E-state index in [0.29, 0.717) is 6.08 Å². The Balaban J connectivity index is 3.00. The van der Waals surface area contributed by atoms with Crippen LogP contribution in [0.5, 0.6) is 0 Å². The molecule has 1 aromatic carbocycles. The maximum absolute atomic E-state index is 12.8. The zero-order valence-corrected chi connectivity index (χ0v) is 9.49. The molecule has 90 valence electrons. The second-order valence-electron chi connectivity index (χ2n) is 3.01. The number of ketones is 1. The number of carbonyl (C=O) groups excluding carboxylic acids is 2. The van der Waals surface area contributed by atoms with E-state index in [1.807, 2.05) is 0 Å². The maximum atomic E-state index is 12.8. The van der Waals surface area contributed by atoms with Gasteiger partial charge in [0.2, 0.25) is 0 Å². The van der Waals surface area contributed by atoms with E-state index in [9.17, 15) is 19.1 Å². The molecule has 0 bridgehead atoms. The number of halogens is 2. The molecule has 1 aromatic rings. The van der Waals surface area contributed by atoms with Gasteiger partial charge in [0.15, 0.2) is 0 Å². The highest BCUT2D eigenvalue weighted by Crippen LogP contribution is 2.20. The molecule has 0 amide bonds. The minimum Gasteiger partial charge on any atom is -0.507 e. The highest BCUT2D eigenvalue weighted by molar-refractivity contribution is 6.39. The number of aliphatic hydroxyl groups is 1. The monoisotopic (exact) mass is 258 g/mol. The minimum atomic E-state index is -1.11. The van der Waals surface area contributed by atoms with Crippen molar-refractivity contribution < 1.29 is 23.8 Å². The summed E-state index contributed by atoms with van der Waals surface area (Å²) in [6.07, 6.45) is 0.676. The van der Waals surface area contributed by atoms with Gasteiger partial charge in [0.25, 0.3) is 5.78 Å². The van der Waals surface area contributed by atoms with Crippen LogP contribution in [0.2, 0.25) is 5.02 Å². The molecule has 0 saturated heterocycles. The van der Waals surface area contributed by atoms with Crippen LogP contribution in [-0.2, 0) is 14.3 Å². The lowest BCUT2D eigenvalue weighted by molar-refractivity contribution is -0.149. The maximum Gasteiger partial charge on any atom is 0.378 e. The molecule has 0 fully saturated rings. The van der Waals surface area contributed by atoms with E-state index in [-0.39, 0.29) is 10.6 Å². The molecule has 0 aliphatic heterocycles. The van der Waals surface area contributed by atoms with Crippen molar-refractivity contribution in [2.75, 3.05) is 7.11 Å². The largest absolute Gasteiger partial charge is 0.507 e. The fraction of sp³-hybridized carbons (Fsp3) is 0.0909. The zero-order chi connectivity index (χ0) is 13.0. The Morgan fingerprint density at radius 3 is 2.65 bits per heavy atom. The molecule has 0 aromatic heterocycles. The molecule has 0 aliphatic rings. The zero-order valence-electron chi connectivity index (χ0n) is 8.74. The first-order valence-corrected chi connectivity index (χ1v) is 4.82. The fourth-order valence-corrected chi connectivity index (χ4v) is 1.20. The summed E-state index contributed by atoms with van der Waals surface area (Å²) in [5.41, 5.74) is 0.119. The molecule has 0 radical (unpaired) electrons. The highest BCUT2D eigenvalue weighted by Gasteiger charge is 2.13. The quantitative estimate of drug-likeness (QED) is 0.390. The third-order valence-corrected chi connectivity index (χ3v) is 2.16. The first-order valence-electron chi connectivity index (χ1n) is 4.44. The second-order valence-corrected chi connectivity index (χ2v) is 3.42.